The molecule has 0 aromatic rings. The summed E-state index contributed by atoms with van der Waals surface area (Å²) < 4.78 is 0. The van der Waals surface area contributed by atoms with Crippen LogP contribution < -0.4 is 0 Å². The van der Waals surface area contributed by atoms with E-state index in [0.29, 0.717) is 5.92 Å². The maximum Gasteiger partial charge on any atom is 0.0956 e. The van der Waals surface area contributed by atoms with Crippen molar-refractivity contribution in [3.05, 3.63) is 22.3 Å². The first kappa shape index (κ1) is 8.07. The van der Waals surface area contributed by atoms with E-state index in [-0.39, 0.29) is 0 Å². The molecule has 1 heteroatoms. The minimum absolute atomic E-state index is 0.347. The Hall–Kier alpha value is -1.03. The standard InChI is InChI=1S/C10H13N/c1-6-7(2)9(4)10(5-11)8(6)3/h8H,1-4H3. The molecule has 0 aliphatic heterocycles. The summed E-state index contributed by atoms with van der Waals surface area (Å²) in [5.74, 6) is 0.347. The van der Waals surface area contributed by atoms with Crippen LogP contribution in [0.25, 0.3) is 0 Å². The maximum absolute atomic E-state index is 8.81. The van der Waals surface area contributed by atoms with Gasteiger partial charge >= 0.3 is 0 Å². The van der Waals surface area contributed by atoms with Crippen LogP contribution in [0.15, 0.2) is 22.3 Å². The Morgan fingerprint density at radius 3 is 1.91 bits per heavy atom. The summed E-state index contributed by atoms with van der Waals surface area (Å²) >= 11 is 0. The summed E-state index contributed by atoms with van der Waals surface area (Å²) in [6.45, 7) is 8.31. The highest BCUT2D eigenvalue weighted by Crippen LogP contribution is 2.35. The highest BCUT2D eigenvalue weighted by atomic mass is 14.3. The van der Waals surface area contributed by atoms with E-state index in [1.807, 2.05) is 6.92 Å². The average molecular weight is 147 g/mol. The summed E-state index contributed by atoms with van der Waals surface area (Å²) in [5.41, 5.74) is 4.77. The van der Waals surface area contributed by atoms with Gasteiger partial charge in [0.1, 0.15) is 0 Å². The van der Waals surface area contributed by atoms with Gasteiger partial charge in [-0.05, 0) is 31.9 Å². The summed E-state index contributed by atoms with van der Waals surface area (Å²) in [6.07, 6.45) is 0. The third kappa shape index (κ3) is 0.991. The fraction of sp³-hybridized carbons (Fsp3) is 0.500. The van der Waals surface area contributed by atoms with Crippen LogP contribution in [0.5, 0.6) is 0 Å². The molecule has 1 aliphatic rings. The lowest BCUT2D eigenvalue weighted by molar-refractivity contribution is 0.840. The Morgan fingerprint density at radius 1 is 1.18 bits per heavy atom. The highest BCUT2D eigenvalue weighted by Gasteiger charge is 2.22. The zero-order chi connectivity index (χ0) is 8.59. The van der Waals surface area contributed by atoms with E-state index in [1.54, 1.807) is 0 Å². The smallest absolute Gasteiger partial charge is 0.0956 e. The molecule has 0 radical (unpaired) electrons. The zero-order valence-electron chi connectivity index (χ0n) is 7.52. The van der Waals surface area contributed by atoms with E-state index >= 15 is 0 Å². The Kier molecular flexibility index (Phi) is 1.87. The fourth-order valence-corrected chi connectivity index (χ4v) is 1.54. The molecule has 0 amide bonds. The molecule has 11 heavy (non-hydrogen) atoms. The van der Waals surface area contributed by atoms with Crippen LogP contribution in [0.4, 0.5) is 0 Å². The van der Waals surface area contributed by atoms with Crippen molar-refractivity contribution in [2.24, 2.45) is 5.92 Å². The van der Waals surface area contributed by atoms with Gasteiger partial charge in [0.2, 0.25) is 0 Å². The van der Waals surface area contributed by atoms with Gasteiger partial charge in [-0.1, -0.05) is 12.5 Å². The molecular formula is C10H13N. The molecule has 0 aromatic heterocycles. The Morgan fingerprint density at radius 2 is 1.73 bits per heavy atom. The average Bonchev–Trinajstić information content (AvgIpc) is 2.17. The molecule has 0 aromatic carbocycles. The lowest BCUT2D eigenvalue weighted by Crippen LogP contribution is -1.94. The number of nitriles is 1. The van der Waals surface area contributed by atoms with Gasteiger partial charge in [-0.2, -0.15) is 5.26 Å². The molecule has 0 bridgehead atoms. The van der Waals surface area contributed by atoms with Crippen molar-refractivity contribution in [3.63, 3.8) is 0 Å². The second-order valence-electron chi connectivity index (χ2n) is 3.18. The molecule has 1 nitrogen and oxygen atoms in total. The second-order valence-corrected chi connectivity index (χ2v) is 3.18. The summed E-state index contributed by atoms with van der Waals surface area (Å²) in [6, 6.07) is 2.26. The van der Waals surface area contributed by atoms with Crippen LogP contribution >= 0.6 is 0 Å². The molecule has 0 fully saturated rings. The van der Waals surface area contributed by atoms with Gasteiger partial charge in [-0.15, -0.1) is 0 Å². The normalized spacial score (nSPS) is 24.5. The Bertz CT molecular complexity index is 286. The minimum atomic E-state index is 0.347. The minimum Gasteiger partial charge on any atom is -0.193 e. The fourth-order valence-electron chi connectivity index (χ4n) is 1.54. The van der Waals surface area contributed by atoms with Gasteiger partial charge in [0.05, 0.1) is 6.07 Å². The lowest BCUT2D eigenvalue weighted by Gasteiger charge is -2.03. The molecule has 1 aliphatic carbocycles. The third-order valence-corrected chi connectivity index (χ3v) is 2.76. The largest absolute Gasteiger partial charge is 0.193 e. The highest BCUT2D eigenvalue weighted by molar-refractivity contribution is 5.51. The third-order valence-electron chi connectivity index (χ3n) is 2.76. The van der Waals surface area contributed by atoms with Crippen LogP contribution in [0, 0.1) is 17.2 Å². The Labute approximate surface area is 68.0 Å². The monoisotopic (exact) mass is 147 g/mol. The maximum atomic E-state index is 8.81. The quantitative estimate of drug-likeness (QED) is 0.517. The number of hydrogen-bond acceptors (Lipinski definition) is 1. The molecule has 0 heterocycles. The van der Waals surface area contributed by atoms with Gasteiger partial charge in [0.25, 0.3) is 0 Å². The van der Waals surface area contributed by atoms with E-state index in [9.17, 15) is 0 Å². The number of hydrogen-bond donors (Lipinski definition) is 0. The van der Waals surface area contributed by atoms with E-state index in [1.165, 1.54) is 16.7 Å². The van der Waals surface area contributed by atoms with E-state index < -0.39 is 0 Å². The summed E-state index contributed by atoms with van der Waals surface area (Å²) in [4.78, 5) is 0. The van der Waals surface area contributed by atoms with E-state index in [4.69, 9.17) is 5.26 Å². The van der Waals surface area contributed by atoms with Crippen molar-refractivity contribution >= 4 is 0 Å². The molecule has 0 spiro atoms. The predicted octanol–water partition coefficient (Wildman–Crippen LogP) is 2.81. The predicted molar refractivity (Wildman–Crippen MR) is 45.9 cm³/mol. The Balaban J connectivity index is 3.18. The molecule has 1 rings (SSSR count). The molecule has 1 unspecified atom stereocenters. The zero-order valence-corrected chi connectivity index (χ0v) is 7.52. The van der Waals surface area contributed by atoms with Crippen molar-refractivity contribution in [1.82, 2.24) is 0 Å². The first-order chi connectivity index (χ1) is 5.09. The van der Waals surface area contributed by atoms with Crippen molar-refractivity contribution in [1.29, 1.82) is 5.26 Å². The molecule has 1 atom stereocenters. The van der Waals surface area contributed by atoms with Gasteiger partial charge < -0.3 is 0 Å². The molecule has 58 valence electrons. The van der Waals surface area contributed by atoms with Crippen LogP contribution in [-0.2, 0) is 0 Å². The number of rotatable bonds is 0. The van der Waals surface area contributed by atoms with Gasteiger partial charge in [0, 0.05) is 11.5 Å². The SMILES string of the molecule is CC1=C(C)C(C)C(C#N)=C1C. The van der Waals surface area contributed by atoms with Crippen molar-refractivity contribution in [2.45, 2.75) is 27.7 Å². The lowest BCUT2D eigenvalue weighted by atomic mass is 9.99. The second kappa shape index (κ2) is 2.54. The van der Waals surface area contributed by atoms with Crippen LogP contribution in [0.1, 0.15) is 27.7 Å². The van der Waals surface area contributed by atoms with Crippen LogP contribution in [0.3, 0.4) is 0 Å². The van der Waals surface area contributed by atoms with Gasteiger partial charge in [0.15, 0.2) is 0 Å². The molecule has 0 saturated carbocycles. The van der Waals surface area contributed by atoms with E-state index in [0.717, 1.165) is 5.57 Å². The van der Waals surface area contributed by atoms with Crippen LogP contribution in [0.2, 0.25) is 0 Å². The van der Waals surface area contributed by atoms with Crippen molar-refractivity contribution < 1.29 is 0 Å². The summed E-state index contributed by atoms with van der Waals surface area (Å²) in [5, 5.41) is 8.81. The number of allylic oxidation sites excluding steroid dienone is 4. The van der Waals surface area contributed by atoms with Crippen molar-refractivity contribution in [2.75, 3.05) is 0 Å². The topological polar surface area (TPSA) is 23.8 Å². The van der Waals surface area contributed by atoms with E-state index in [2.05, 4.69) is 26.8 Å². The van der Waals surface area contributed by atoms with Crippen LogP contribution in [-0.4, -0.2) is 0 Å². The molecule has 0 saturated heterocycles. The summed E-state index contributed by atoms with van der Waals surface area (Å²) in [7, 11) is 0. The first-order valence-electron chi connectivity index (χ1n) is 3.88. The molecule has 0 N–H and O–H groups in total. The number of nitrogens with zero attached hydrogens (tertiary/aromatic N) is 1. The molecular weight excluding hydrogens is 134 g/mol. The first-order valence-corrected chi connectivity index (χ1v) is 3.88. The van der Waals surface area contributed by atoms with Gasteiger partial charge in [-0.25, -0.2) is 0 Å². The van der Waals surface area contributed by atoms with Crippen molar-refractivity contribution in [3.8, 4) is 6.07 Å². The van der Waals surface area contributed by atoms with Gasteiger partial charge in [-0.3, -0.25) is 0 Å².